The number of alkyl halides is 6. The highest BCUT2D eigenvalue weighted by molar-refractivity contribution is 6.41. The summed E-state index contributed by atoms with van der Waals surface area (Å²) < 4.78 is 67.0. The summed E-state index contributed by atoms with van der Waals surface area (Å²) >= 11 is 0. The summed E-state index contributed by atoms with van der Waals surface area (Å²) in [5.41, 5.74) is 3.80. The Hall–Kier alpha value is -5.81. The van der Waals surface area contributed by atoms with Crippen LogP contribution < -0.4 is 20.9 Å². The standard InChI is InChI=1S/C33H37N7O3.C4F6O2/c1-2-26-30(35-19-28(33(42)43)39-32(41)25-10-9-21-6-3-4-7-24(21)18-25)36-20-37-31(26)40-16-13-22(14-17-40)27-12-11-23-8-5-15-34-29(23)38-27;5-3(6,7)1(11)2(12)4(8,9)10/h3-4,6-7,9-12,18,20,22,28H,2,5,8,13-17,19H2,1H3,(H,34,38)(H,39,41)(H,42,43)(H,35,36,37);/t28-;/m0./s1. The van der Waals surface area contributed by atoms with E-state index in [1.54, 1.807) is 12.1 Å². The summed E-state index contributed by atoms with van der Waals surface area (Å²) in [4.78, 5) is 60.6. The zero-order valence-electron chi connectivity index (χ0n) is 29.4. The van der Waals surface area contributed by atoms with Crippen LogP contribution in [0.5, 0.6) is 0 Å². The predicted octanol–water partition coefficient (Wildman–Crippen LogP) is 5.87. The number of aliphatic carboxylic acids is 1. The van der Waals surface area contributed by atoms with Gasteiger partial charge in [-0.25, -0.2) is 19.7 Å². The number of benzene rings is 2. The van der Waals surface area contributed by atoms with Gasteiger partial charge in [0.1, 0.15) is 29.8 Å². The van der Waals surface area contributed by atoms with Crippen LogP contribution in [-0.4, -0.2) is 88.1 Å². The number of carboxylic acid groups (broad SMARTS) is 1. The topological polar surface area (TPSA) is 167 Å². The number of aryl methyl sites for hydroxylation is 1. The van der Waals surface area contributed by atoms with E-state index in [0.717, 1.165) is 79.0 Å². The first-order valence-corrected chi connectivity index (χ1v) is 17.4. The Bertz CT molecular complexity index is 2030. The van der Waals surface area contributed by atoms with Gasteiger partial charge in [0.2, 0.25) is 0 Å². The molecule has 0 unspecified atom stereocenters. The number of ketones is 2. The van der Waals surface area contributed by atoms with Gasteiger partial charge in [-0.2, -0.15) is 26.3 Å². The molecule has 12 nitrogen and oxygen atoms in total. The first-order chi connectivity index (χ1) is 26.1. The van der Waals surface area contributed by atoms with Crippen LogP contribution in [0.25, 0.3) is 10.8 Å². The minimum atomic E-state index is -5.77. The number of nitrogens with zero attached hydrogens (tertiary/aromatic N) is 4. The van der Waals surface area contributed by atoms with Crippen LogP contribution in [0.1, 0.15) is 59.3 Å². The molecule has 55 heavy (non-hydrogen) atoms. The van der Waals surface area contributed by atoms with Crippen molar-refractivity contribution in [3.8, 4) is 0 Å². The molecule has 4 aromatic rings. The molecule has 1 amide bonds. The molecule has 1 fully saturated rings. The third kappa shape index (κ3) is 10.0. The van der Waals surface area contributed by atoms with Crippen molar-refractivity contribution < 1.29 is 50.6 Å². The fourth-order valence-electron chi connectivity index (χ4n) is 6.34. The second kappa shape index (κ2) is 17.1. The molecule has 292 valence electrons. The lowest BCUT2D eigenvalue weighted by Gasteiger charge is -2.34. The monoisotopic (exact) mass is 773 g/mol. The van der Waals surface area contributed by atoms with Gasteiger partial charge in [0.05, 0.1) is 0 Å². The minimum absolute atomic E-state index is 0.0157. The smallest absolute Gasteiger partial charge is 0.458 e. The Morgan fingerprint density at radius 1 is 0.927 bits per heavy atom. The third-order valence-corrected chi connectivity index (χ3v) is 9.21. The van der Waals surface area contributed by atoms with Crippen LogP contribution in [0.4, 0.5) is 43.8 Å². The van der Waals surface area contributed by atoms with Crippen LogP contribution in [0.2, 0.25) is 0 Å². The maximum Gasteiger partial charge on any atom is 0.458 e. The minimum Gasteiger partial charge on any atom is -0.480 e. The normalized spacial score (nSPS) is 15.1. The number of halogens is 6. The highest BCUT2D eigenvalue weighted by atomic mass is 19.4. The number of rotatable bonds is 10. The zero-order chi connectivity index (χ0) is 39.9. The first kappa shape index (κ1) is 40.4. The van der Waals surface area contributed by atoms with E-state index in [1.807, 2.05) is 37.3 Å². The number of aromatic nitrogens is 3. The van der Waals surface area contributed by atoms with Crippen molar-refractivity contribution in [3.63, 3.8) is 0 Å². The van der Waals surface area contributed by atoms with Gasteiger partial charge in [0, 0.05) is 48.9 Å². The van der Waals surface area contributed by atoms with Crippen LogP contribution in [0.3, 0.4) is 0 Å². The number of Topliss-reactive ketones (excluding diaryl/α,β-unsaturated/α-hetero) is 2. The Morgan fingerprint density at radius 3 is 2.24 bits per heavy atom. The van der Waals surface area contributed by atoms with E-state index in [9.17, 15) is 50.6 Å². The number of anilines is 3. The molecular weight excluding hydrogens is 736 g/mol. The second-order valence-corrected chi connectivity index (χ2v) is 12.9. The van der Waals surface area contributed by atoms with E-state index in [-0.39, 0.29) is 6.54 Å². The Labute approximate surface area is 310 Å². The van der Waals surface area contributed by atoms with Crippen LogP contribution >= 0.6 is 0 Å². The summed E-state index contributed by atoms with van der Waals surface area (Å²) in [6, 6.07) is 16.3. The van der Waals surface area contributed by atoms with Crippen molar-refractivity contribution in [2.45, 2.75) is 63.3 Å². The number of hydrogen-bond acceptors (Lipinski definition) is 10. The van der Waals surface area contributed by atoms with E-state index in [4.69, 9.17) is 4.98 Å². The Morgan fingerprint density at radius 2 is 1.60 bits per heavy atom. The van der Waals surface area contributed by atoms with Gasteiger partial charge in [0.25, 0.3) is 5.91 Å². The summed E-state index contributed by atoms with van der Waals surface area (Å²) in [6.07, 6.45) is -5.16. The van der Waals surface area contributed by atoms with Gasteiger partial charge in [-0.15, -0.1) is 0 Å². The van der Waals surface area contributed by atoms with Crippen molar-refractivity contribution in [2.24, 2.45) is 0 Å². The van der Waals surface area contributed by atoms with Gasteiger partial charge in [-0.05, 0) is 66.6 Å². The van der Waals surface area contributed by atoms with Crippen molar-refractivity contribution in [1.29, 1.82) is 0 Å². The van der Waals surface area contributed by atoms with Gasteiger partial charge >= 0.3 is 29.9 Å². The molecule has 2 aromatic heterocycles. The number of piperidine rings is 1. The van der Waals surface area contributed by atoms with Gasteiger partial charge in [-0.3, -0.25) is 14.4 Å². The van der Waals surface area contributed by atoms with Gasteiger partial charge in [0.15, 0.2) is 0 Å². The molecular formula is C37H37F6N7O5. The molecule has 0 saturated carbocycles. The van der Waals surface area contributed by atoms with Crippen molar-refractivity contribution in [3.05, 3.63) is 83.3 Å². The number of hydrogen-bond donors (Lipinski definition) is 4. The lowest BCUT2D eigenvalue weighted by molar-refractivity contribution is -0.193. The Kier molecular flexibility index (Phi) is 12.6. The summed E-state index contributed by atoms with van der Waals surface area (Å²) in [6.45, 7) is 4.70. The maximum absolute atomic E-state index is 13.0. The van der Waals surface area contributed by atoms with E-state index < -0.39 is 41.8 Å². The number of carbonyl (C=O) groups excluding carboxylic acids is 3. The second-order valence-electron chi connectivity index (χ2n) is 12.9. The molecule has 2 aromatic carbocycles. The number of fused-ring (bicyclic) bond motifs is 2. The fraction of sp³-hybridized carbons (Fsp3) is 0.378. The largest absolute Gasteiger partial charge is 0.480 e. The first-order valence-electron chi connectivity index (χ1n) is 17.4. The SMILES string of the molecule is CCc1c(NC[C@H](NC(=O)c2ccc3ccccc3c2)C(=O)O)ncnc1N1CCC(c2ccc3c(n2)NCCC3)CC1.O=C(C(=O)C(F)(F)F)C(F)(F)F. The number of carbonyl (C=O) groups is 4. The molecule has 0 bridgehead atoms. The van der Waals surface area contributed by atoms with Gasteiger partial charge in [-0.1, -0.05) is 43.3 Å². The summed E-state index contributed by atoms with van der Waals surface area (Å²) in [5.74, 6) is -5.48. The molecule has 18 heteroatoms. The average molecular weight is 774 g/mol. The van der Waals surface area contributed by atoms with E-state index in [1.165, 1.54) is 11.9 Å². The Balaban J connectivity index is 0.000000418. The molecule has 6 rings (SSSR count). The van der Waals surface area contributed by atoms with Crippen LogP contribution in [0, 0.1) is 0 Å². The number of pyridine rings is 1. The quantitative estimate of drug-likeness (QED) is 0.112. The molecule has 0 spiro atoms. The van der Waals surface area contributed by atoms with Crippen LogP contribution in [-0.2, 0) is 27.2 Å². The average Bonchev–Trinajstić information content (AvgIpc) is 3.17. The zero-order valence-corrected chi connectivity index (χ0v) is 29.4. The third-order valence-electron chi connectivity index (χ3n) is 9.21. The molecule has 4 heterocycles. The van der Waals surface area contributed by atoms with Gasteiger partial charge < -0.3 is 26.0 Å². The molecule has 0 radical (unpaired) electrons. The number of nitrogens with one attached hydrogen (secondary N) is 3. The van der Waals surface area contributed by atoms with E-state index >= 15 is 0 Å². The molecule has 1 atom stereocenters. The fourth-order valence-corrected chi connectivity index (χ4v) is 6.34. The molecule has 1 saturated heterocycles. The van der Waals surface area contributed by atoms with Crippen molar-refractivity contribution in [2.75, 3.05) is 41.7 Å². The molecule has 4 N–H and O–H groups in total. The number of carboxylic acids is 1. The van der Waals surface area contributed by atoms with Crippen molar-refractivity contribution >= 4 is 51.7 Å². The molecule has 2 aliphatic heterocycles. The van der Waals surface area contributed by atoms with E-state index in [0.29, 0.717) is 23.7 Å². The van der Waals surface area contributed by atoms with Crippen LogP contribution in [0.15, 0.2) is 60.9 Å². The van der Waals surface area contributed by atoms with E-state index in [2.05, 4.69) is 43.0 Å². The molecule has 2 aliphatic rings. The predicted molar refractivity (Wildman–Crippen MR) is 190 cm³/mol. The summed E-state index contributed by atoms with van der Waals surface area (Å²) in [7, 11) is 0. The lowest BCUT2D eigenvalue weighted by Crippen LogP contribution is -2.45. The highest BCUT2D eigenvalue weighted by Crippen LogP contribution is 2.33. The lowest BCUT2D eigenvalue weighted by atomic mass is 9.92. The van der Waals surface area contributed by atoms with Crippen molar-refractivity contribution in [1.82, 2.24) is 20.3 Å². The molecule has 0 aliphatic carbocycles. The highest BCUT2D eigenvalue weighted by Gasteiger charge is 2.54. The summed E-state index contributed by atoms with van der Waals surface area (Å²) in [5, 5.41) is 21.1. The maximum atomic E-state index is 13.0. The number of amides is 1.